The zero-order valence-electron chi connectivity index (χ0n) is 13.6. The smallest absolute Gasteiger partial charge is 0.222 e. The molecule has 3 aromatic rings. The Bertz CT molecular complexity index is 789. The molecular formula is C18H22N4S. The minimum Gasteiger partial charge on any atom is -0.368 e. The van der Waals surface area contributed by atoms with Crippen molar-refractivity contribution in [1.82, 2.24) is 14.8 Å². The second kappa shape index (κ2) is 7.04. The molecule has 0 unspecified atom stereocenters. The fraction of sp³-hybridized carbons (Fsp3) is 0.333. The van der Waals surface area contributed by atoms with Crippen LogP contribution in [0.1, 0.15) is 31.9 Å². The first-order valence-electron chi connectivity index (χ1n) is 7.96. The van der Waals surface area contributed by atoms with Gasteiger partial charge in [0.15, 0.2) is 5.16 Å². The fourth-order valence-electron chi connectivity index (χ4n) is 2.81. The van der Waals surface area contributed by atoms with Crippen molar-refractivity contribution in [3.05, 3.63) is 48.0 Å². The van der Waals surface area contributed by atoms with Crippen molar-refractivity contribution in [1.29, 1.82) is 0 Å². The number of benzene rings is 2. The average molecular weight is 326 g/mol. The Morgan fingerprint density at radius 3 is 2.70 bits per heavy atom. The maximum atomic E-state index is 5.88. The largest absolute Gasteiger partial charge is 0.368 e. The molecule has 0 radical (unpaired) electrons. The van der Waals surface area contributed by atoms with Gasteiger partial charge in [-0.3, -0.25) is 4.57 Å². The van der Waals surface area contributed by atoms with Crippen LogP contribution >= 0.6 is 11.8 Å². The summed E-state index contributed by atoms with van der Waals surface area (Å²) in [6.07, 6.45) is 2.17. The molecule has 5 heteroatoms. The topological polar surface area (TPSA) is 56.7 Å². The molecule has 0 saturated heterocycles. The maximum Gasteiger partial charge on any atom is 0.222 e. The zero-order valence-corrected chi connectivity index (χ0v) is 14.4. The number of rotatable bonds is 6. The molecule has 0 saturated carbocycles. The van der Waals surface area contributed by atoms with Gasteiger partial charge in [0.1, 0.15) is 0 Å². The van der Waals surface area contributed by atoms with Crippen molar-refractivity contribution in [2.24, 2.45) is 0 Å². The molecule has 1 aromatic heterocycles. The predicted octanol–water partition coefficient (Wildman–Crippen LogP) is 4.32. The summed E-state index contributed by atoms with van der Waals surface area (Å²) >= 11 is 1.73. The van der Waals surface area contributed by atoms with Gasteiger partial charge in [0.25, 0.3) is 0 Å². The molecule has 0 spiro atoms. The minimum absolute atomic E-state index is 0.283. The second-order valence-electron chi connectivity index (χ2n) is 5.89. The third kappa shape index (κ3) is 3.50. The summed E-state index contributed by atoms with van der Waals surface area (Å²) in [5, 5.41) is 11.7. The quantitative estimate of drug-likeness (QED) is 0.541. The molecule has 0 aliphatic heterocycles. The molecule has 4 nitrogen and oxygen atoms in total. The highest BCUT2D eigenvalue weighted by molar-refractivity contribution is 7.99. The van der Waals surface area contributed by atoms with Crippen molar-refractivity contribution in [3.63, 3.8) is 0 Å². The van der Waals surface area contributed by atoms with Crippen molar-refractivity contribution in [3.8, 4) is 0 Å². The Labute approximate surface area is 141 Å². The summed E-state index contributed by atoms with van der Waals surface area (Å²) < 4.78 is 1.99. The van der Waals surface area contributed by atoms with E-state index in [1.807, 2.05) is 4.57 Å². The zero-order chi connectivity index (χ0) is 16.2. The van der Waals surface area contributed by atoms with Gasteiger partial charge in [0, 0.05) is 11.8 Å². The van der Waals surface area contributed by atoms with E-state index in [2.05, 4.69) is 66.5 Å². The molecule has 0 fully saturated rings. The van der Waals surface area contributed by atoms with E-state index in [0.29, 0.717) is 5.95 Å². The number of nitrogen functional groups attached to an aromatic ring is 1. The van der Waals surface area contributed by atoms with E-state index in [1.165, 1.54) is 16.3 Å². The highest BCUT2D eigenvalue weighted by atomic mass is 32.2. The Morgan fingerprint density at radius 2 is 1.87 bits per heavy atom. The first-order valence-corrected chi connectivity index (χ1v) is 8.95. The summed E-state index contributed by atoms with van der Waals surface area (Å²) in [4.78, 5) is 0. The van der Waals surface area contributed by atoms with Crippen LogP contribution in [0.3, 0.4) is 0 Å². The normalized spacial score (nSPS) is 11.4. The van der Waals surface area contributed by atoms with Crippen molar-refractivity contribution in [2.75, 3.05) is 11.5 Å². The van der Waals surface area contributed by atoms with Crippen LogP contribution in [-0.4, -0.2) is 20.5 Å². The first kappa shape index (κ1) is 15.9. The Kier molecular flexibility index (Phi) is 4.86. The van der Waals surface area contributed by atoms with Gasteiger partial charge in [-0.1, -0.05) is 54.2 Å². The van der Waals surface area contributed by atoms with Gasteiger partial charge in [-0.2, -0.15) is 0 Å². The Morgan fingerprint density at radius 1 is 1.09 bits per heavy atom. The van der Waals surface area contributed by atoms with Crippen LogP contribution in [0.4, 0.5) is 5.95 Å². The number of aryl methyl sites for hydroxylation is 1. The molecule has 23 heavy (non-hydrogen) atoms. The molecule has 0 amide bonds. The lowest BCUT2D eigenvalue weighted by Crippen LogP contribution is -2.07. The Hall–Kier alpha value is -2.01. The SMILES string of the molecule is CC(C)n1c(N)nnc1SCCCc1cccc2ccccc12. The number of aromatic nitrogens is 3. The lowest BCUT2D eigenvalue weighted by molar-refractivity contribution is 0.557. The standard InChI is InChI=1S/C18H22N4S/c1-13(2)22-17(19)20-21-18(22)23-12-6-10-15-9-5-8-14-7-3-4-11-16(14)15/h3-5,7-9,11,13H,6,10,12H2,1-2H3,(H2,19,20). The Balaban J connectivity index is 1.62. The van der Waals surface area contributed by atoms with Crippen LogP contribution in [0.2, 0.25) is 0 Å². The van der Waals surface area contributed by atoms with Crippen LogP contribution in [0.25, 0.3) is 10.8 Å². The van der Waals surface area contributed by atoms with Gasteiger partial charge < -0.3 is 5.73 Å². The third-order valence-electron chi connectivity index (χ3n) is 3.91. The molecule has 120 valence electrons. The van der Waals surface area contributed by atoms with E-state index in [-0.39, 0.29) is 6.04 Å². The predicted molar refractivity (Wildman–Crippen MR) is 97.8 cm³/mol. The number of nitrogens with two attached hydrogens (primary N) is 1. The van der Waals surface area contributed by atoms with E-state index in [1.54, 1.807) is 11.8 Å². The molecule has 0 aliphatic carbocycles. The molecule has 3 rings (SSSR count). The van der Waals surface area contributed by atoms with Crippen LogP contribution < -0.4 is 5.73 Å². The monoisotopic (exact) mass is 326 g/mol. The highest BCUT2D eigenvalue weighted by Crippen LogP contribution is 2.25. The summed E-state index contributed by atoms with van der Waals surface area (Å²) in [5.74, 6) is 1.50. The van der Waals surface area contributed by atoms with Gasteiger partial charge in [0.05, 0.1) is 0 Å². The van der Waals surface area contributed by atoms with Crippen LogP contribution in [-0.2, 0) is 6.42 Å². The van der Waals surface area contributed by atoms with Gasteiger partial charge in [-0.25, -0.2) is 0 Å². The molecule has 0 bridgehead atoms. The van der Waals surface area contributed by atoms with E-state index < -0.39 is 0 Å². The fourth-order valence-corrected chi connectivity index (χ4v) is 3.82. The van der Waals surface area contributed by atoms with Crippen molar-refractivity contribution < 1.29 is 0 Å². The van der Waals surface area contributed by atoms with Gasteiger partial charge >= 0.3 is 0 Å². The molecule has 2 N–H and O–H groups in total. The molecule has 0 atom stereocenters. The van der Waals surface area contributed by atoms with Crippen LogP contribution in [0, 0.1) is 0 Å². The number of anilines is 1. The number of hydrogen-bond acceptors (Lipinski definition) is 4. The molecule has 1 heterocycles. The third-order valence-corrected chi connectivity index (χ3v) is 4.94. The lowest BCUT2D eigenvalue weighted by Gasteiger charge is -2.11. The number of fused-ring (bicyclic) bond motifs is 1. The van der Waals surface area contributed by atoms with Gasteiger partial charge in [-0.15, -0.1) is 10.2 Å². The van der Waals surface area contributed by atoms with Crippen molar-refractivity contribution >= 4 is 28.5 Å². The molecule has 2 aromatic carbocycles. The summed E-state index contributed by atoms with van der Waals surface area (Å²) in [7, 11) is 0. The van der Waals surface area contributed by atoms with Gasteiger partial charge in [-0.05, 0) is 43.0 Å². The van der Waals surface area contributed by atoms with Crippen molar-refractivity contribution in [2.45, 2.75) is 37.9 Å². The summed E-state index contributed by atoms with van der Waals surface area (Å²) in [6, 6.07) is 15.4. The molecular weight excluding hydrogens is 304 g/mol. The van der Waals surface area contributed by atoms with Crippen LogP contribution in [0.5, 0.6) is 0 Å². The average Bonchev–Trinajstić information content (AvgIpc) is 2.92. The van der Waals surface area contributed by atoms with E-state index in [0.717, 1.165) is 23.8 Å². The van der Waals surface area contributed by atoms with E-state index in [9.17, 15) is 0 Å². The van der Waals surface area contributed by atoms with Crippen LogP contribution in [0.15, 0.2) is 47.6 Å². The van der Waals surface area contributed by atoms with Gasteiger partial charge in [0.2, 0.25) is 5.95 Å². The summed E-state index contributed by atoms with van der Waals surface area (Å²) in [6.45, 7) is 4.19. The lowest BCUT2D eigenvalue weighted by atomic mass is 10.0. The molecule has 0 aliphatic rings. The summed E-state index contributed by atoms with van der Waals surface area (Å²) in [5.41, 5.74) is 7.29. The second-order valence-corrected chi connectivity index (χ2v) is 6.96. The number of hydrogen-bond donors (Lipinski definition) is 1. The number of thioether (sulfide) groups is 1. The van der Waals surface area contributed by atoms with E-state index in [4.69, 9.17) is 5.73 Å². The number of nitrogens with zero attached hydrogens (tertiary/aromatic N) is 3. The minimum atomic E-state index is 0.283. The van der Waals surface area contributed by atoms with E-state index >= 15 is 0 Å². The first-order chi connectivity index (χ1) is 11.2. The highest BCUT2D eigenvalue weighted by Gasteiger charge is 2.12. The maximum absolute atomic E-state index is 5.88.